The summed E-state index contributed by atoms with van der Waals surface area (Å²) in [5, 5.41) is 11.9. The summed E-state index contributed by atoms with van der Waals surface area (Å²) in [7, 11) is 0. The van der Waals surface area contributed by atoms with E-state index in [1.54, 1.807) is 36.5 Å². The summed E-state index contributed by atoms with van der Waals surface area (Å²) >= 11 is 0. The average Bonchev–Trinajstić information content (AvgIpc) is 2.62. The number of aromatic nitrogens is 2. The van der Waals surface area contributed by atoms with Crippen molar-refractivity contribution >= 4 is 17.5 Å². The first-order chi connectivity index (χ1) is 11.7. The van der Waals surface area contributed by atoms with Gasteiger partial charge in [0.1, 0.15) is 5.69 Å². The number of nitrogens with one attached hydrogen (secondary N) is 1. The molecule has 0 atom stereocenters. The lowest BCUT2D eigenvalue weighted by molar-refractivity contribution is 0.0749. The molecule has 0 aliphatic rings. The Morgan fingerprint density at radius 3 is 2.42 bits per heavy atom. The molecule has 1 aromatic carbocycles. The van der Waals surface area contributed by atoms with E-state index in [4.69, 9.17) is 5.26 Å². The van der Waals surface area contributed by atoms with Crippen LogP contribution < -0.4 is 5.32 Å². The number of carbonyl (C=O) groups excluding carboxylic acids is 1. The zero-order valence-corrected chi connectivity index (χ0v) is 14.0. The molecule has 6 nitrogen and oxygen atoms in total. The Morgan fingerprint density at radius 1 is 1.17 bits per heavy atom. The molecule has 124 valence electrons. The van der Waals surface area contributed by atoms with E-state index >= 15 is 0 Å². The fourth-order valence-electron chi connectivity index (χ4n) is 2.31. The molecule has 0 aliphatic carbocycles. The van der Waals surface area contributed by atoms with E-state index in [2.05, 4.69) is 21.4 Å². The van der Waals surface area contributed by atoms with Crippen molar-refractivity contribution in [2.24, 2.45) is 0 Å². The van der Waals surface area contributed by atoms with Crippen molar-refractivity contribution in [2.45, 2.75) is 26.7 Å². The van der Waals surface area contributed by atoms with Crippen LogP contribution in [0.5, 0.6) is 0 Å². The van der Waals surface area contributed by atoms with Gasteiger partial charge in [-0.3, -0.25) is 4.79 Å². The molecule has 1 N–H and O–H groups in total. The number of nitriles is 1. The van der Waals surface area contributed by atoms with Crippen LogP contribution in [0.25, 0.3) is 0 Å². The van der Waals surface area contributed by atoms with Crippen LogP contribution >= 0.6 is 0 Å². The van der Waals surface area contributed by atoms with Gasteiger partial charge < -0.3 is 10.2 Å². The molecule has 0 aliphatic heterocycles. The van der Waals surface area contributed by atoms with E-state index in [1.165, 1.54) is 0 Å². The summed E-state index contributed by atoms with van der Waals surface area (Å²) < 4.78 is 0. The quantitative estimate of drug-likeness (QED) is 0.845. The first-order valence-electron chi connectivity index (χ1n) is 8.07. The third kappa shape index (κ3) is 4.53. The van der Waals surface area contributed by atoms with Gasteiger partial charge in [-0.1, -0.05) is 13.8 Å². The number of amides is 1. The van der Waals surface area contributed by atoms with Crippen LogP contribution in [-0.2, 0) is 0 Å². The van der Waals surface area contributed by atoms with Crippen molar-refractivity contribution in [3.05, 3.63) is 47.8 Å². The van der Waals surface area contributed by atoms with Gasteiger partial charge >= 0.3 is 0 Å². The zero-order chi connectivity index (χ0) is 17.4. The maximum atomic E-state index is 12.6. The highest BCUT2D eigenvalue weighted by molar-refractivity contribution is 5.92. The van der Waals surface area contributed by atoms with Crippen molar-refractivity contribution in [1.29, 1.82) is 5.26 Å². The lowest BCUT2D eigenvalue weighted by Crippen LogP contribution is -2.33. The monoisotopic (exact) mass is 323 g/mol. The number of benzene rings is 1. The molecule has 2 aromatic rings. The van der Waals surface area contributed by atoms with Gasteiger partial charge in [-0.2, -0.15) is 5.26 Å². The van der Waals surface area contributed by atoms with Crippen LogP contribution in [0.15, 0.2) is 36.5 Å². The van der Waals surface area contributed by atoms with Crippen molar-refractivity contribution in [2.75, 3.05) is 18.4 Å². The maximum absolute atomic E-state index is 12.6. The predicted molar refractivity (Wildman–Crippen MR) is 93.0 cm³/mol. The first kappa shape index (κ1) is 17.4. The molecule has 0 saturated heterocycles. The Morgan fingerprint density at radius 2 is 1.83 bits per heavy atom. The fraction of sp³-hybridized carbons (Fsp3) is 0.333. The molecule has 2 rings (SSSR count). The van der Waals surface area contributed by atoms with Gasteiger partial charge in [0, 0.05) is 25.0 Å². The van der Waals surface area contributed by atoms with Crippen LogP contribution in [0.4, 0.5) is 11.6 Å². The highest BCUT2D eigenvalue weighted by Crippen LogP contribution is 2.14. The molecule has 0 unspecified atom stereocenters. The van der Waals surface area contributed by atoms with Crippen molar-refractivity contribution < 1.29 is 4.79 Å². The van der Waals surface area contributed by atoms with Crippen molar-refractivity contribution in [3.8, 4) is 6.07 Å². The topological polar surface area (TPSA) is 81.9 Å². The van der Waals surface area contributed by atoms with Gasteiger partial charge in [0.25, 0.3) is 5.91 Å². The third-order valence-electron chi connectivity index (χ3n) is 3.42. The van der Waals surface area contributed by atoms with E-state index in [1.807, 2.05) is 18.7 Å². The molecular formula is C18H21N5O. The normalized spacial score (nSPS) is 10.0. The third-order valence-corrected chi connectivity index (χ3v) is 3.42. The summed E-state index contributed by atoms with van der Waals surface area (Å²) in [5.74, 6) is 0.280. The molecule has 24 heavy (non-hydrogen) atoms. The van der Waals surface area contributed by atoms with Gasteiger partial charge in [-0.25, -0.2) is 9.97 Å². The summed E-state index contributed by atoms with van der Waals surface area (Å²) in [6.45, 7) is 5.53. The van der Waals surface area contributed by atoms with Crippen LogP contribution in [0, 0.1) is 11.3 Å². The second-order valence-electron chi connectivity index (χ2n) is 5.37. The lowest BCUT2D eigenvalue weighted by Gasteiger charge is -2.21. The Kier molecular flexibility index (Phi) is 6.26. The van der Waals surface area contributed by atoms with E-state index in [-0.39, 0.29) is 5.91 Å². The number of carbonyl (C=O) groups is 1. The minimum Gasteiger partial charge on any atom is -0.337 e. The molecule has 1 aromatic heterocycles. The van der Waals surface area contributed by atoms with E-state index in [9.17, 15) is 4.79 Å². The summed E-state index contributed by atoms with van der Waals surface area (Å²) in [6, 6.07) is 10.7. The van der Waals surface area contributed by atoms with Crippen LogP contribution in [0.3, 0.4) is 0 Å². The summed E-state index contributed by atoms with van der Waals surface area (Å²) in [5.41, 5.74) is 1.72. The number of anilines is 2. The van der Waals surface area contributed by atoms with Gasteiger partial charge in [0.2, 0.25) is 5.95 Å². The van der Waals surface area contributed by atoms with Gasteiger partial charge in [0.05, 0.1) is 11.6 Å². The molecular weight excluding hydrogens is 302 g/mol. The highest BCUT2D eigenvalue weighted by atomic mass is 16.2. The standard InChI is InChI=1S/C18H21N5O/c1-3-11-23(12-4-2)17(24)16-9-10-20-18(22-16)21-15-7-5-14(13-19)6-8-15/h5-10H,3-4,11-12H2,1-2H3,(H,20,21,22). The smallest absolute Gasteiger partial charge is 0.272 e. The maximum Gasteiger partial charge on any atom is 0.272 e. The average molecular weight is 323 g/mol. The van der Waals surface area contributed by atoms with E-state index < -0.39 is 0 Å². The Bertz CT molecular complexity index is 715. The first-order valence-corrected chi connectivity index (χ1v) is 8.07. The molecule has 6 heteroatoms. The van der Waals surface area contributed by atoms with Crippen LogP contribution in [0.1, 0.15) is 42.7 Å². The molecule has 0 fully saturated rings. The Hall–Kier alpha value is -2.94. The van der Waals surface area contributed by atoms with Gasteiger partial charge in [-0.15, -0.1) is 0 Å². The van der Waals surface area contributed by atoms with Crippen molar-refractivity contribution in [1.82, 2.24) is 14.9 Å². The van der Waals surface area contributed by atoms with E-state index in [0.717, 1.165) is 31.6 Å². The Balaban J connectivity index is 2.15. The second-order valence-corrected chi connectivity index (χ2v) is 5.37. The minimum atomic E-state index is -0.0796. The molecule has 0 spiro atoms. The predicted octanol–water partition coefficient (Wildman–Crippen LogP) is 3.35. The van der Waals surface area contributed by atoms with E-state index in [0.29, 0.717) is 17.2 Å². The summed E-state index contributed by atoms with van der Waals surface area (Å²) in [6.07, 6.45) is 3.39. The molecule has 1 heterocycles. The van der Waals surface area contributed by atoms with Gasteiger partial charge in [-0.05, 0) is 43.2 Å². The number of hydrogen-bond donors (Lipinski definition) is 1. The number of hydrogen-bond acceptors (Lipinski definition) is 5. The van der Waals surface area contributed by atoms with Gasteiger partial charge in [0.15, 0.2) is 0 Å². The molecule has 1 amide bonds. The number of rotatable bonds is 7. The Labute approximate surface area is 142 Å². The highest BCUT2D eigenvalue weighted by Gasteiger charge is 2.16. The largest absolute Gasteiger partial charge is 0.337 e. The number of nitrogens with zero attached hydrogens (tertiary/aromatic N) is 4. The molecule has 0 bridgehead atoms. The van der Waals surface area contributed by atoms with Crippen molar-refractivity contribution in [3.63, 3.8) is 0 Å². The summed E-state index contributed by atoms with van der Waals surface area (Å²) in [4.78, 5) is 22.9. The SMILES string of the molecule is CCCN(CCC)C(=O)c1ccnc(Nc2ccc(C#N)cc2)n1. The van der Waals surface area contributed by atoms with Crippen LogP contribution in [-0.4, -0.2) is 33.9 Å². The minimum absolute atomic E-state index is 0.0796. The fourth-order valence-corrected chi connectivity index (χ4v) is 2.31. The molecule has 0 saturated carbocycles. The van der Waals surface area contributed by atoms with Crippen LogP contribution in [0.2, 0.25) is 0 Å². The molecule has 0 radical (unpaired) electrons. The lowest BCUT2D eigenvalue weighted by atomic mass is 10.2. The zero-order valence-electron chi connectivity index (χ0n) is 14.0. The second kappa shape index (κ2) is 8.63.